The van der Waals surface area contributed by atoms with E-state index in [4.69, 9.17) is 0 Å². The number of hydrogen-bond donors (Lipinski definition) is 0. The van der Waals surface area contributed by atoms with Crippen LogP contribution >= 0.6 is 20.7 Å². The molecule has 0 aromatic rings. The summed E-state index contributed by atoms with van der Waals surface area (Å²) in [5, 5.41) is 0. The molecule has 1 aliphatic heterocycles. The van der Waals surface area contributed by atoms with Gasteiger partial charge in [0.25, 0.3) is 0 Å². The molecule has 0 aromatic carbocycles. The molecule has 0 N–H and O–H groups in total. The predicted molar refractivity (Wildman–Crippen MR) is 73.4 cm³/mol. The second kappa shape index (κ2) is 5.43. The maximum Gasteiger partial charge on any atom is 0.00995 e. The predicted octanol–water partition coefficient (Wildman–Crippen LogP) is 4.45. The molecule has 1 saturated carbocycles. The molecule has 1 aliphatic carbocycles. The van der Waals surface area contributed by atoms with Gasteiger partial charge in [-0.1, -0.05) is 38.2 Å². The van der Waals surface area contributed by atoms with Crippen molar-refractivity contribution in [3.8, 4) is 0 Å². The van der Waals surface area contributed by atoms with E-state index in [-0.39, 0.29) is 0 Å². The Labute approximate surface area is 97.9 Å². The van der Waals surface area contributed by atoms with Gasteiger partial charge >= 0.3 is 0 Å². The summed E-state index contributed by atoms with van der Waals surface area (Å²) < 4.78 is 3.62. The van der Waals surface area contributed by atoms with E-state index >= 15 is 0 Å². The molecule has 1 unspecified atom stereocenters. The third kappa shape index (κ3) is 3.18. The summed E-state index contributed by atoms with van der Waals surface area (Å²) in [5.41, 5.74) is 1.55. The van der Waals surface area contributed by atoms with E-state index in [1.807, 2.05) is 0 Å². The van der Waals surface area contributed by atoms with E-state index in [0.29, 0.717) is 20.7 Å². The van der Waals surface area contributed by atoms with Crippen LogP contribution in [0.15, 0.2) is 11.6 Å². The molecule has 1 heterocycles. The van der Waals surface area contributed by atoms with Crippen molar-refractivity contribution in [2.24, 2.45) is 5.92 Å². The molecular formula is C13H21I. The first-order valence-corrected chi connectivity index (χ1v) is 8.45. The van der Waals surface area contributed by atoms with Crippen molar-refractivity contribution < 1.29 is 0 Å². The SMILES string of the molecule is CC1=CCC(CC2CCCCC2)I=C1. The Kier molecular flexibility index (Phi) is 4.21. The lowest BCUT2D eigenvalue weighted by atomic mass is 9.86. The van der Waals surface area contributed by atoms with Crippen molar-refractivity contribution in [2.45, 2.75) is 55.8 Å². The summed E-state index contributed by atoms with van der Waals surface area (Å²) in [5.74, 6) is 1.09. The first-order valence-electron chi connectivity index (χ1n) is 5.96. The maximum atomic E-state index is 2.54. The van der Waals surface area contributed by atoms with Crippen molar-refractivity contribution in [1.29, 1.82) is 0 Å². The van der Waals surface area contributed by atoms with Crippen LogP contribution in [-0.4, -0.2) is 7.94 Å². The highest BCUT2D eigenvalue weighted by Crippen LogP contribution is 2.33. The van der Waals surface area contributed by atoms with Crippen LogP contribution in [0.2, 0.25) is 0 Å². The van der Waals surface area contributed by atoms with Crippen LogP contribution in [0.5, 0.6) is 0 Å². The fraction of sp³-hybridized carbons (Fsp3) is 0.769. The van der Waals surface area contributed by atoms with Gasteiger partial charge in [-0.3, -0.25) is 0 Å². The molecule has 0 nitrogen and oxygen atoms in total. The molecular weight excluding hydrogens is 283 g/mol. The first-order chi connectivity index (χ1) is 6.84. The molecule has 1 atom stereocenters. The van der Waals surface area contributed by atoms with Gasteiger partial charge in [0.2, 0.25) is 0 Å². The van der Waals surface area contributed by atoms with E-state index in [9.17, 15) is 0 Å². The lowest BCUT2D eigenvalue weighted by molar-refractivity contribution is 0.339. The highest BCUT2D eigenvalue weighted by atomic mass is 127. The fourth-order valence-electron chi connectivity index (χ4n) is 2.53. The van der Waals surface area contributed by atoms with Gasteiger partial charge in [0.1, 0.15) is 0 Å². The molecule has 0 saturated heterocycles. The summed E-state index contributed by atoms with van der Waals surface area (Å²) in [7, 11) is 0. The van der Waals surface area contributed by atoms with Crippen LogP contribution in [0.1, 0.15) is 51.9 Å². The van der Waals surface area contributed by atoms with Gasteiger partial charge in [-0.05, 0) is 35.3 Å². The largest absolute Gasteiger partial charge is 0.119 e. The molecule has 14 heavy (non-hydrogen) atoms. The van der Waals surface area contributed by atoms with Gasteiger partial charge in [-0.2, -0.15) is 0 Å². The standard InChI is InChI=1S/C13H21I/c1-11-7-8-13(14-10-11)9-12-5-3-2-4-6-12/h7,10,12-13H,2-6,8-9H2,1H3. The van der Waals surface area contributed by atoms with Crippen LogP contribution in [0.25, 0.3) is 0 Å². The van der Waals surface area contributed by atoms with Gasteiger partial charge < -0.3 is 0 Å². The smallest absolute Gasteiger partial charge is 0.00995 e. The maximum absolute atomic E-state index is 2.54. The highest BCUT2D eigenvalue weighted by Gasteiger charge is 2.18. The van der Waals surface area contributed by atoms with Gasteiger partial charge in [0.05, 0.1) is 0 Å². The number of alkyl halides is 1. The Bertz CT molecular complexity index is 234. The molecule has 0 aromatic heterocycles. The molecule has 80 valence electrons. The normalized spacial score (nSPS) is 29.5. The van der Waals surface area contributed by atoms with E-state index in [1.165, 1.54) is 38.5 Å². The Morgan fingerprint density at radius 1 is 1.29 bits per heavy atom. The highest BCUT2D eigenvalue weighted by molar-refractivity contribution is 14.2. The lowest BCUT2D eigenvalue weighted by Gasteiger charge is -2.25. The Morgan fingerprint density at radius 3 is 2.71 bits per heavy atom. The van der Waals surface area contributed by atoms with Gasteiger partial charge in [0.15, 0.2) is 0 Å². The zero-order chi connectivity index (χ0) is 9.80. The number of hydrogen-bond acceptors (Lipinski definition) is 0. The summed E-state index contributed by atoms with van der Waals surface area (Å²) >= 11 is 0.388. The molecule has 0 spiro atoms. The van der Waals surface area contributed by atoms with Crippen molar-refractivity contribution in [2.75, 3.05) is 0 Å². The average Bonchev–Trinajstić information content (AvgIpc) is 2.23. The molecule has 2 aliphatic rings. The molecule has 1 heteroatoms. The van der Waals surface area contributed by atoms with Crippen LogP contribution < -0.4 is 0 Å². The van der Waals surface area contributed by atoms with Gasteiger partial charge in [0, 0.05) is 3.92 Å². The molecule has 1 fully saturated rings. The molecule has 0 radical (unpaired) electrons. The van der Waals surface area contributed by atoms with Gasteiger partial charge in [-0.15, -0.1) is 20.7 Å². The van der Waals surface area contributed by atoms with Crippen molar-refractivity contribution in [3.63, 3.8) is 0 Å². The van der Waals surface area contributed by atoms with Crippen molar-refractivity contribution in [1.82, 2.24) is 0 Å². The summed E-state index contributed by atoms with van der Waals surface area (Å²) in [4.78, 5) is 0. The quantitative estimate of drug-likeness (QED) is 0.522. The van der Waals surface area contributed by atoms with Crippen LogP contribution in [0, 0.1) is 5.92 Å². The van der Waals surface area contributed by atoms with Crippen molar-refractivity contribution in [3.05, 3.63) is 11.6 Å². The monoisotopic (exact) mass is 304 g/mol. The number of allylic oxidation sites excluding steroid dienone is 2. The number of halogens is 1. The molecule has 2 rings (SSSR count). The van der Waals surface area contributed by atoms with E-state index < -0.39 is 0 Å². The minimum atomic E-state index is 0.388. The van der Waals surface area contributed by atoms with Crippen molar-refractivity contribution >= 4 is 24.7 Å². The zero-order valence-electron chi connectivity index (χ0n) is 9.14. The fourth-order valence-corrected chi connectivity index (χ4v) is 5.42. The Morgan fingerprint density at radius 2 is 2.07 bits per heavy atom. The van der Waals surface area contributed by atoms with E-state index in [1.54, 1.807) is 12.0 Å². The number of rotatable bonds is 2. The minimum Gasteiger partial charge on any atom is -0.119 e. The van der Waals surface area contributed by atoms with E-state index in [2.05, 4.69) is 17.0 Å². The third-order valence-electron chi connectivity index (χ3n) is 3.42. The Balaban J connectivity index is 1.78. The zero-order valence-corrected chi connectivity index (χ0v) is 11.3. The second-order valence-electron chi connectivity index (χ2n) is 4.76. The lowest BCUT2D eigenvalue weighted by Crippen LogP contribution is -2.13. The topological polar surface area (TPSA) is 0 Å². The molecule has 0 bridgehead atoms. The summed E-state index contributed by atoms with van der Waals surface area (Å²) in [6.07, 6.45) is 13.0. The van der Waals surface area contributed by atoms with Crippen LogP contribution in [0.3, 0.4) is 0 Å². The first kappa shape index (κ1) is 10.8. The van der Waals surface area contributed by atoms with Crippen LogP contribution in [0.4, 0.5) is 0 Å². The molecule has 0 amide bonds. The second-order valence-corrected chi connectivity index (χ2v) is 7.86. The summed E-state index contributed by atoms with van der Waals surface area (Å²) in [6, 6.07) is 0. The third-order valence-corrected chi connectivity index (χ3v) is 6.80. The average molecular weight is 304 g/mol. The minimum absolute atomic E-state index is 0.388. The van der Waals surface area contributed by atoms with Gasteiger partial charge in [-0.25, -0.2) is 0 Å². The Hall–Kier alpha value is 0.340. The summed E-state index contributed by atoms with van der Waals surface area (Å²) in [6.45, 7) is 2.26. The van der Waals surface area contributed by atoms with E-state index in [0.717, 1.165) is 9.84 Å². The van der Waals surface area contributed by atoms with Crippen LogP contribution in [-0.2, 0) is 0 Å².